The van der Waals surface area contributed by atoms with Gasteiger partial charge in [0.05, 0.1) is 10.5 Å². The lowest BCUT2D eigenvalue weighted by molar-refractivity contribution is -0.139. The molecule has 25 heavy (non-hydrogen) atoms. The van der Waals surface area contributed by atoms with Gasteiger partial charge in [0.1, 0.15) is 0 Å². The van der Waals surface area contributed by atoms with E-state index in [0.717, 1.165) is 22.5 Å². The summed E-state index contributed by atoms with van der Waals surface area (Å²) < 4.78 is 65.5. The zero-order valence-corrected chi connectivity index (χ0v) is 14.6. The fraction of sp³-hybridized carbons (Fsp3) is 0.533. The van der Waals surface area contributed by atoms with Crippen LogP contribution in [-0.4, -0.2) is 43.9 Å². The van der Waals surface area contributed by atoms with Crippen LogP contribution in [0.3, 0.4) is 0 Å². The van der Waals surface area contributed by atoms with E-state index in [0.29, 0.717) is 6.42 Å². The first kappa shape index (κ1) is 19.5. The van der Waals surface area contributed by atoms with Crippen molar-refractivity contribution in [3.8, 4) is 0 Å². The number of benzene rings is 1. The summed E-state index contributed by atoms with van der Waals surface area (Å²) in [4.78, 5) is 10.9. The number of amides is 2. The molecule has 0 spiro atoms. The molecule has 1 fully saturated rings. The minimum Gasteiger partial charge on any atom is -0.336 e. The van der Waals surface area contributed by atoms with Crippen LogP contribution in [0.2, 0.25) is 0 Å². The van der Waals surface area contributed by atoms with Crippen LogP contribution in [0.4, 0.5) is 18.0 Å². The summed E-state index contributed by atoms with van der Waals surface area (Å²) in [6.07, 6.45) is -4.43. The summed E-state index contributed by atoms with van der Waals surface area (Å²) in [5, 5.41) is 5.25. The van der Waals surface area contributed by atoms with Crippen LogP contribution in [0, 0.1) is 0 Å². The fourth-order valence-corrected chi connectivity index (χ4v) is 4.33. The van der Waals surface area contributed by atoms with Gasteiger partial charge < -0.3 is 10.6 Å². The smallest absolute Gasteiger partial charge is 0.336 e. The Labute approximate surface area is 144 Å². The SMILES string of the molecule is CC(C)NC(=O)NC1CCN(S(=O)(=O)c2ccccc2C(F)(F)F)C1. The summed E-state index contributed by atoms with van der Waals surface area (Å²) >= 11 is 0. The van der Waals surface area contributed by atoms with Gasteiger partial charge in [-0.05, 0) is 32.4 Å². The molecule has 0 bridgehead atoms. The molecule has 1 aliphatic rings. The predicted molar refractivity (Wildman–Crippen MR) is 85.4 cm³/mol. The molecule has 2 rings (SSSR count). The van der Waals surface area contributed by atoms with Gasteiger partial charge in [0, 0.05) is 25.2 Å². The van der Waals surface area contributed by atoms with E-state index >= 15 is 0 Å². The van der Waals surface area contributed by atoms with Crippen molar-refractivity contribution in [1.82, 2.24) is 14.9 Å². The average Bonchev–Trinajstić information content (AvgIpc) is 2.94. The Bertz CT molecular complexity index is 735. The zero-order valence-electron chi connectivity index (χ0n) is 13.8. The first-order valence-electron chi connectivity index (χ1n) is 7.75. The minimum absolute atomic E-state index is 0.0428. The Hall–Kier alpha value is -1.81. The van der Waals surface area contributed by atoms with E-state index in [-0.39, 0.29) is 19.1 Å². The second-order valence-corrected chi connectivity index (χ2v) is 8.02. The van der Waals surface area contributed by atoms with Crippen molar-refractivity contribution in [3.63, 3.8) is 0 Å². The Balaban J connectivity index is 2.16. The fourth-order valence-electron chi connectivity index (χ4n) is 2.62. The molecular weight excluding hydrogens is 359 g/mol. The summed E-state index contributed by atoms with van der Waals surface area (Å²) in [5.41, 5.74) is -1.19. The molecule has 1 aromatic carbocycles. The zero-order chi connectivity index (χ0) is 18.8. The number of hydrogen-bond acceptors (Lipinski definition) is 3. The summed E-state index contributed by atoms with van der Waals surface area (Å²) in [7, 11) is -4.30. The quantitative estimate of drug-likeness (QED) is 0.842. The molecule has 140 valence electrons. The van der Waals surface area contributed by atoms with Crippen molar-refractivity contribution in [2.24, 2.45) is 0 Å². The van der Waals surface area contributed by atoms with Crippen LogP contribution in [0.25, 0.3) is 0 Å². The lowest BCUT2D eigenvalue weighted by Crippen LogP contribution is -2.46. The number of sulfonamides is 1. The minimum atomic E-state index is -4.77. The molecule has 1 atom stereocenters. The molecular formula is C15H20F3N3O3S. The Morgan fingerprint density at radius 2 is 1.92 bits per heavy atom. The van der Waals surface area contributed by atoms with Gasteiger partial charge in [-0.15, -0.1) is 0 Å². The number of urea groups is 1. The van der Waals surface area contributed by atoms with Crippen LogP contribution in [0.5, 0.6) is 0 Å². The molecule has 2 amide bonds. The largest absolute Gasteiger partial charge is 0.417 e. The highest BCUT2D eigenvalue weighted by molar-refractivity contribution is 7.89. The molecule has 10 heteroatoms. The normalized spacial score (nSPS) is 19.2. The van der Waals surface area contributed by atoms with Crippen molar-refractivity contribution in [1.29, 1.82) is 0 Å². The first-order valence-corrected chi connectivity index (χ1v) is 9.19. The van der Waals surface area contributed by atoms with Gasteiger partial charge in [0.15, 0.2) is 0 Å². The molecule has 0 radical (unpaired) electrons. The average molecular weight is 379 g/mol. The number of nitrogens with one attached hydrogen (secondary N) is 2. The van der Waals surface area contributed by atoms with Crippen LogP contribution in [-0.2, 0) is 16.2 Å². The van der Waals surface area contributed by atoms with Gasteiger partial charge in [-0.1, -0.05) is 12.1 Å². The van der Waals surface area contributed by atoms with Crippen LogP contribution >= 0.6 is 0 Å². The number of hydrogen-bond donors (Lipinski definition) is 2. The topological polar surface area (TPSA) is 78.5 Å². The number of halogens is 3. The van der Waals surface area contributed by atoms with E-state index in [1.54, 1.807) is 13.8 Å². The molecule has 0 aromatic heterocycles. The molecule has 1 heterocycles. The number of nitrogens with zero attached hydrogens (tertiary/aromatic N) is 1. The maximum Gasteiger partial charge on any atom is 0.417 e. The Morgan fingerprint density at radius 1 is 1.28 bits per heavy atom. The van der Waals surface area contributed by atoms with Gasteiger partial charge in [0.25, 0.3) is 0 Å². The Kier molecular flexibility index (Phi) is 5.62. The van der Waals surface area contributed by atoms with E-state index in [4.69, 9.17) is 0 Å². The highest BCUT2D eigenvalue weighted by Gasteiger charge is 2.40. The molecule has 0 saturated carbocycles. The number of alkyl halides is 3. The van der Waals surface area contributed by atoms with E-state index in [1.807, 2.05) is 0 Å². The maximum absolute atomic E-state index is 13.1. The lowest BCUT2D eigenvalue weighted by Gasteiger charge is -2.20. The van der Waals surface area contributed by atoms with Crippen molar-refractivity contribution >= 4 is 16.1 Å². The van der Waals surface area contributed by atoms with Crippen LogP contribution in [0.1, 0.15) is 25.8 Å². The number of carbonyl (C=O) groups is 1. The lowest BCUT2D eigenvalue weighted by atomic mass is 10.2. The second-order valence-electron chi connectivity index (χ2n) is 6.12. The maximum atomic E-state index is 13.1. The third-order valence-electron chi connectivity index (χ3n) is 3.72. The second kappa shape index (κ2) is 7.20. The third-order valence-corrected chi connectivity index (χ3v) is 5.64. The highest BCUT2D eigenvalue weighted by Crippen LogP contribution is 2.35. The van der Waals surface area contributed by atoms with Gasteiger partial charge >= 0.3 is 12.2 Å². The van der Waals surface area contributed by atoms with E-state index in [2.05, 4.69) is 10.6 Å². The molecule has 1 aromatic rings. The van der Waals surface area contributed by atoms with E-state index < -0.39 is 38.7 Å². The first-order chi connectivity index (χ1) is 11.5. The molecule has 1 aliphatic heterocycles. The van der Waals surface area contributed by atoms with Crippen molar-refractivity contribution in [2.45, 2.75) is 43.4 Å². The van der Waals surface area contributed by atoms with Crippen molar-refractivity contribution < 1.29 is 26.4 Å². The number of rotatable bonds is 4. The molecule has 0 aliphatic carbocycles. The molecule has 6 nitrogen and oxygen atoms in total. The monoisotopic (exact) mass is 379 g/mol. The molecule has 1 saturated heterocycles. The van der Waals surface area contributed by atoms with Gasteiger partial charge in [0.2, 0.25) is 10.0 Å². The van der Waals surface area contributed by atoms with Crippen molar-refractivity contribution in [3.05, 3.63) is 29.8 Å². The number of carbonyl (C=O) groups excluding carboxylic acids is 1. The summed E-state index contributed by atoms with van der Waals surface area (Å²) in [6.45, 7) is 3.53. The van der Waals surface area contributed by atoms with Crippen LogP contribution < -0.4 is 10.6 Å². The highest BCUT2D eigenvalue weighted by atomic mass is 32.2. The van der Waals surface area contributed by atoms with E-state index in [1.165, 1.54) is 6.07 Å². The summed E-state index contributed by atoms with van der Waals surface area (Å²) in [5.74, 6) is 0. The third kappa shape index (κ3) is 4.63. The van der Waals surface area contributed by atoms with Crippen molar-refractivity contribution in [2.75, 3.05) is 13.1 Å². The van der Waals surface area contributed by atoms with E-state index in [9.17, 15) is 26.4 Å². The Morgan fingerprint density at radius 3 is 2.52 bits per heavy atom. The van der Waals surface area contributed by atoms with Gasteiger partial charge in [-0.2, -0.15) is 17.5 Å². The van der Waals surface area contributed by atoms with Gasteiger partial charge in [-0.3, -0.25) is 0 Å². The van der Waals surface area contributed by atoms with Gasteiger partial charge in [-0.25, -0.2) is 13.2 Å². The molecule has 1 unspecified atom stereocenters. The standard InChI is InChI=1S/C15H20F3N3O3S/c1-10(2)19-14(22)20-11-7-8-21(9-11)25(23,24)13-6-4-3-5-12(13)15(16,17)18/h3-6,10-11H,7-9H2,1-2H3,(H2,19,20,22). The molecule has 2 N–H and O–H groups in total. The van der Waals surface area contributed by atoms with Crippen LogP contribution in [0.15, 0.2) is 29.2 Å². The summed E-state index contributed by atoms with van der Waals surface area (Å²) in [6, 6.07) is 3.12. The predicted octanol–water partition coefficient (Wildman–Crippen LogP) is 2.18.